The molecule has 0 aliphatic carbocycles. The lowest BCUT2D eigenvalue weighted by molar-refractivity contribution is -0.138. The van der Waals surface area contributed by atoms with Crippen molar-refractivity contribution in [3.63, 3.8) is 0 Å². The third-order valence-corrected chi connectivity index (χ3v) is 5.18. The van der Waals surface area contributed by atoms with E-state index in [9.17, 15) is 9.59 Å². The zero-order valence-electron chi connectivity index (χ0n) is 16.1. The summed E-state index contributed by atoms with van der Waals surface area (Å²) >= 11 is 5.85. The molecule has 148 valence electrons. The van der Waals surface area contributed by atoms with Gasteiger partial charge in [0.2, 0.25) is 5.91 Å². The highest BCUT2D eigenvalue weighted by atomic mass is 35.5. The summed E-state index contributed by atoms with van der Waals surface area (Å²) < 4.78 is 0. The van der Waals surface area contributed by atoms with E-state index in [0.29, 0.717) is 36.4 Å². The van der Waals surface area contributed by atoms with Crippen LogP contribution in [0.1, 0.15) is 18.1 Å². The molecule has 2 aromatic carbocycles. The van der Waals surface area contributed by atoms with Crippen molar-refractivity contribution < 1.29 is 9.59 Å². The van der Waals surface area contributed by atoms with Crippen molar-refractivity contribution in [1.82, 2.24) is 15.1 Å². The van der Waals surface area contributed by atoms with Gasteiger partial charge < -0.3 is 15.5 Å². The van der Waals surface area contributed by atoms with Crippen molar-refractivity contribution in [2.45, 2.75) is 26.1 Å². The fourth-order valence-electron chi connectivity index (χ4n) is 3.06. The molecule has 1 atom stereocenters. The molecule has 7 heteroatoms. The lowest BCUT2D eigenvalue weighted by Crippen LogP contribution is -2.53. The number of nitrogens with zero attached hydrogens (tertiary/aromatic N) is 2. The minimum absolute atomic E-state index is 0.143. The maximum absolute atomic E-state index is 12.2. The van der Waals surface area contributed by atoms with E-state index in [1.807, 2.05) is 48.3 Å². The quantitative estimate of drug-likeness (QED) is 0.809. The molecule has 3 amide bonds. The zero-order chi connectivity index (χ0) is 20.1. The lowest BCUT2D eigenvalue weighted by atomic mass is 10.1. The predicted octanol–water partition coefficient (Wildman–Crippen LogP) is 3.32. The van der Waals surface area contributed by atoms with Crippen molar-refractivity contribution in [3.05, 3.63) is 64.7 Å². The van der Waals surface area contributed by atoms with Gasteiger partial charge in [0.05, 0.1) is 6.54 Å². The van der Waals surface area contributed by atoms with Gasteiger partial charge in [-0.05, 0) is 49.4 Å². The van der Waals surface area contributed by atoms with Gasteiger partial charge in [0.15, 0.2) is 0 Å². The van der Waals surface area contributed by atoms with Gasteiger partial charge in [-0.15, -0.1) is 0 Å². The maximum Gasteiger partial charge on any atom is 0.319 e. The molecule has 1 heterocycles. The molecule has 2 aromatic rings. The number of amides is 3. The predicted molar refractivity (Wildman–Crippen MR) is 111 cm³/mol. The Kier molecular flexibility index (Phi) is 6.54. The molecule has 1 fully saturated rings. The molecule has 28 heavy (non-hydrogen) atoms. The van der Waals surface area contributed by atoms with E-state index in [1.54, 1.807) is 12.1 Å². The van der Waals surface area contributed by atoms with E-state index in [2.05, 4.69) is 22.5 Å². The molecule has 0 saturated carbocycles. The number of hydrogen-bond acceptors (Lipinski definition) is 3. The summed E-state index contributed by atoms with van der Waals surface area (Å²) in [6.07, 6.45) is 0. The van der Waals surface area contributed by atoms with Crippen molar-refractivity contribution in [2.75, 3.05) is 25.5 Å². The molecule has 0 spiro atoms. The van der Waals surface area contributed by atoms with Gasteiger partial charge in [0.25, 0.3) is 0 Å². The minimum Gasteiger partial charge on any atom is -0.336 e. The number of nitrogens with one attached hydrogen (secondary N) is 2. The topological polar surface area (TPSA) is 64.7 Å². The molecule has 0 radical (unpaired) electrons. The van der Waals surface area contributed by atoms with E-state index < -0.39 is 0 Å². The summed E-state index contributed by atoms with van der Waals surface area (Å²) in [5.41, 5.74) is 2.72. The molecule has 1 saturated heterocycles. The van der Waals surface area contributed by atoms with E-state index >= 15 is 0 Å². The number of hydrogen-bond donors (Lipinski definition) is 2. The fourth-order valence-corrected chi connectivity index (χ4v) is 3.18. The molecular formula is C21H25ClN4O2. The van der Waals surface area contributed by atoms with Gasteiger partial charge in [-0.2, -0.15) is 0 Å². The van der Waals surface area contributed by atoms with Crippen molar-refractivity contribution in [2.24, 2.45) is 0 Å². The number of anilines is 1. The Morgan fingerprint density at radius 2 is 1.75 bits per heavy atom. The molecule has 0 aromatic heterocycles. The van der Waals surface area contributed by atoms with Crippen molar-refractivity contribution in [3.8, 4) is 0 Å². The number of halogens is 1. The summed E-state index contributed by atoms with van der Waals surface area (Å²) in [7, 11) is 1.97. The normalized spacial score (nSPS) is 17.5. The number of carbonyl (C=O) groups excluding carboxylic acids is 2. The van der Waals surface area contributed by atoms with E-state index in [1.165, 1.54) is 0 Å². The van der Waals surface area contributed by atoms with Crippen LogP contribution in [-0.4, -0.2) is 47.9 Å². The largest absolute Gasteiger partial charge is 0.336 e. The summed E-state index contributed by atoms with van der Waals surface area (Å²) in [6, 6.07) is 15.0. The van der Waals surface area contributed by atoms with Gasteiger partial charge in [-0.25, -0.2) is 4.79 Å². The van der Waals surface area contributed by atoms with Gasteiger partial charge in [0.1, 0.15) is 0 Å². The Morgan fingerprint density at radius 3 is 2.43 bits per heavy atom. The average molecular weight is 401 g/mol. The van der Waals surface area contributed by atoms with Crippen LogP contribution in [0.2, 0.25) is 5.02 Å². The Morgan fingerprint density at radius 1 is 1.11 bits per heavy atom. The van der Waals surface area contributed by atoms with Crippen LogP contribution >= 0.6 is 11.6 Å². The average Bonchev–Trinajstić information content (AvgIpc) is 2.67. The second-order valence-corrected chi connectivity index (χ2v) is 7.61. The number of piperazine rings is 1. The maximum atomic E-state index is 12.2. The van der Waals surface area contributed by atoms with Crippen LogP contribution in [0.3, 0.4) is 0 Å². The fraction of sp³-hybridized carbons (Fsp3) is 0.333. The third-order valence-electron chi connectivity index (χ3n) is 4.93. The first kappa shape index (κ1) is 20.2. The van der Waals surface area contributed by atoms with Crippen molar-refractivity contribution >= 4 is 29.2 Å². The summed E-state index contributed by atoms with van der Waals surface area (Å²) in [5, 5.41) is 6.29. The number of rotatable bonds is 5. The zero-order valence-corrected chi connectivity index (χ0v) is 16.9. The van der Waals surface area contributed by atoms with Gasteiger partial charge in [0, 0.05) is 36.4 Å². The van der Waals surface area contributed by atoms with Crippen LogP contribution in [0.15, 0.2) is 48.5 Å². The van der Waals surface area contributed by atoms with E-state index in [4.69, 9.17) is 11.6 Å². The summed E-state index contributed by atoms with van der Waals surface area (Å²) in [5.74, 6) is 0.143. The molecule has 1 aliphatic heterocycles. The molecule has 2 N–H and O–H groups in total. The number of urea groups is 1. The SMILES string of the molecule is C[C@H]1CN(Cc2ccc(NC(=O)NCc3ccc(Cl)cc3)cc2)C(=O)CN1C. The van der Waals surface area contributed by atoms with E-state index in [-0.39, 0.29) is 11.9 Å². The molecule has 0 unspecified atom stereocenters. The van der Waals surface area contributed by atoms with E-state index in [0.717, 1.165) is 17.7 Å². The molecule has 0 bridgehead atoms. The van der Waals surface area contributed by atoms with Crippen LogP contribution < -0.4 is 10.6 Å². The first-order valence-electron chi connectivity index (χ1n) is 9.27. The second-order valence-electron chi connectivity index (χ2n) is 7.17. The Bertz CT molecular complexity index is 823. The standard InChI is InChI=1S/C21H25ClN4O2/c1-15-12-26(20(27)14-25(15)2)13-17-5-9-19(10-6-17)24-21(28)23-11-16-3-7-18(22)8-4-16/h3-10,15H,11-14H2,1-2H3,(H2,23,24,28)/t15-/m0/s1. The third kappa shape index (κ3) is 5.47. The van der Waals surface area contributed by atoms with Crippen LogP contribution in [0.25, 0.3) is 0 Å². The molecular weight excluding hydrogens is 376 g/mol. The Balaban J connectivity index is 1.49. The number of likely N-dealkylation sites (N-methyl/N-ethyl adjacent to an activating group) is 1. The van der Waals surface area contributed by atoms with Gasteiger partial charge in [-0.3, -0.25) is 9.69 Å². The van der Waals surface area contributed by atoms with Crippen LogP contribution in [0, 0.1) is 0 Å². The monoisotopic (exact) mass is 400 g/mol. The second kappa shape index (κ2) is 9.08. The van der Waals surface area contributed by atoms with Crippen molar-refractivity contribution in [1.29, 1.82) is 0 Å². The first-order valence-corrected chi connectivity index (χ1v) is 9.65. The highest BCUT2D eigenvalue weighted by Crippen LogP contribution is 2.15. The molecule has 1 aliphatic rings. The summed E-state index contributed by atoms with van der Waals surface area (Å²) in [6.45, 7) is 4.30. The summed E-state index contributed by atoms with van der Waals surface area (Å²) in [4.78, 5) is 28.2. The minimum atomic E-state index is -0.272. The smallest absolute Gasteiger partial charge is 0.319 e. The Hall–Kier alpha value is -2.57. The highest BCUT2D eigenvalue weighted by molar-refractivity contribution is 6.30. The first-order chi connectivity index (χ1) is 13.4. The molecule has 3 rings (SSSR count). The van der Waals surface area contributed by atoms with Crippen LogP contribution in [0.4, 0.5) is 10.5 Å². The van der Waals surface area contributed by atoms with Crippen LogP contribution in [0.5, 0.6) is 0 Å². The number of carbonyl (C=O) groups is 2. The molecule has 6 nitrogen and oxygen atoms in total. The number of benzene rings is 2. The highest BCUT2D eigenvalue weighted by Gasteiger charge is 2.26. The van der Waals surface area contributed by atoms with Gasteiger partial charge in [-0.1, -0.05) is 35.9 Å². The Labute approximate surface area is 170 Å². The lowest BCUT2D eigenvalue weighted by Gasteiger charge is -2.37. The van der Waals surface area contributed by atoms with Gasteiger partial charge >= 0.3 is 6.03 Å². The van der Waals surface area contributed by atoms with Crippen LogP contribution in [-0.2, 0) is 17.9 Å².